The van der Waals surface area contributed by atoms with Gasteiger partial charge < -0.3 is 5.32 Å². The van der Waals surface area contributed by atoms with Crippen LogP contribution in [0, 0.1) is 0 Å². The van der Waals surface area contributed by atoms with Gasteiger partial charge in [0, 0.05) is 32.9 Å². The molecular weight excluding hydrogens is 290 g/mol. The number of carbonyl (C=O) groups is 1. The Labute approximate surface area is 124 Å². The summed E-state index contributed by atoms with van der Waals surface area (Å²) < 4.78 is 27.3. The zero-order valence-corrected chi connectivity index (χ0v) is 13.0. The highest BCUT2D eigenvalue weighted by Crippen LogP contribution is 2.44. The first-order valence-corrected chi connectivity index (χ1v) is 8.36. The molecule has 1 spiro atoms. The zero-order valence-electron chi connectivity index (χ0n) is 12.2. The average Bonchev–Trinajstić information content (AvgIpc) is 2.72. The van der Waals surface area contributed by atoms with Crippen molar-refractivity contribution in [3.05, 3.63) is 29.8 Å². The average molecular weight is 309 g/mol. The van der Waals surface area contributed by atoms with Crippen LogP contribution >= 0.6 is 0 Å². The van der Waals surface area contributed by atoms with Crippen LogP contribution in [0.15, 0.2) is 24.3 Å². The van der Waals surface area contributed by atoms with Crippen molar-refractivity contribution in [3.63, 3.8) is 0 Å². The molecule has 0 aliphatic carbocycles. The second kappa shape index (κ2) is 4.79. The monoisotopic (exact) mass is 309 g/mol. The van der Waals surface area contributed by atoms with Gasteiger partial charge in [0.2, 0.25) is 5.91 Å². The van der Waals surface area contributed by atoms with Crippen molar-refractivity contribution in [3.8, 4) is 0 Å². The van der Waals surface area contributed by atoms with Crippen LogP contribution in [0.4, 0.5) is 5.69 Å². The molecule has 3 rings (SSSR count). The van der Waals surface area contributed by atoms with Gasteiger partial charge in [0.15, 0.2) is 0 Å². The number of amides is 1. The van der Waals surface area contributed by atoms with Crippen molar-refractivity contribution in [2.24, 2.45) is 0 Å². The van der Waals surface area contributed by atoms with E-state index in [0.717, 1.165) is 11.3 Å². The molecule has 1 aromatic carbocycles. The van der Waals surface area contributed by atoms with Crippen molar-refractivity contribution in [1.82, 2.24) is 8.61 Å². The fourth-order valence-electron chi connectivity index (χ4n) is 3.22. The van der Waals surface area contributed by atoms with E-state index in [-0.39, 0.29) is 12.5 Å². The third-order valence-corrected chi connectivity index (χ3v) is 6.26. The quantitative estimate of drug-likeness (QED) is 0.877. The number of carbonyl (C=O) groups excluding carboxylic acids is 1. The lowest BCUT2D eigenvalue weighted by molar-refractivity contribution is -0.122. The van der Waals surface area contributed by atoms with Gasteiger partial charge in [0.05, 0.1) is 5.41 Å². The molecule has 1 atom stereocenters. The van der Waals surface area contributed by atoms with E-state index < -0.39 is 15.6 Å². The molecule has 21 heavy (non-hydrogen) atoms. The van der Waals surface area contributed by atoms with Gasteiger partial charge in [-0.2, -0.15) is 17.0 Å². The molecule has 0 bridgehead atoms. The Hall–Kier alpha value is -1.44. The van der Waals surface area contributed by atoms with E-state index in [1.54, 1.807) is 0 Å². The second-order valence-corrected chi connectivity index (χ2v) is 7.95. The maximum atomic E-state index is 12.5. The molecule has 7 heteroatoms. The number of nitrogens with one attached hydrogen (secondary N) is 1. The Morgan fingerprint density at radius 2 is 2.00 bits per heavy atom. The van der Waals surface area contributed by atoms with Crippen LogP contribution in [0.5, 0.6) is 0 Å². The molecule has 0 saturated carbocycles. The zero-order chi connectivity index (χ0) is 15.3. The Balaban J connectivity index is 2.02. The number of nitrogens with zero attached hydrogens (tertiary/aromatic N) is 2. The Bertz CT molecular complexity index is 686. The Morgan fingerprint density at radius 3 is 2.71 bits per heavy atom. The van der Waals surface area contributed by atoms with Gasteiger partial charge in [-0.25, -0.2) is 0 Å². The van der Waals surface area contributed by atoms with E-state index in [0.29, 0.717) is 19.4 Å². The first kappa shape index (κ1) is 14.5. The maximum Gasteiger partial charge on any atom is 0.281 e. The third-order valence-electron chi connectivity index (χ3n) is 4.37. The van der Waals surface area contributed by atoms with Gasteiger partial charge in [-0.05, 0) is 24.5 Å². The number of para-hydroxylation sites is 1. The van der Waals surface area contributed by atoms with E-state index in [2.05, 4.69) is 5.32 Å². The number of fused-ring (bicyclic) bond motifs is 2. The van der Waals surface area contributed by atoms with Crippen LogP contribution in [0.1, 0.15) is 18.4 Å². The van der Waals surface area contributed by atoms with Crippen molar-refractivity contribution in [2.75, 3.05) is 32.5 Å². The largest absolute Gasteiger partial charge is 0.325 e. The van der Waals surface area contributed by atoms with Crippen LogP contribution in [-0.2, 0) is 20.4 Å². The number of anilines is 1. The minimum absolute atomic E-state index is 0.0950. The number of hydrogen-bond acceptors (Lipinski definition) is 3. The van der Waals surface area contributed by atoms with E-state index >= 15 is 0 Å². The van der Waals surface area contributed by atoms with Gasteiger partial charge in [-0.1, -0.05) is 18.2 Å². The standard InChI is InChI=1S/C14H19N3O3S/c1-16(2)21(19,20)17-9-5-8-14(10-17)11-6-3-4-7-12(11)15-13(14)18/h3-4,6-7H,5,8-10H2,1-2H3,(H,15,18)/t14-/m1/s1. The fraction of sp³-hybridized carbons (Fsp3) is 0.500. The highest BCUT2D eigenvalue weighted by Gasteiger charge is 2.51. The third kappa shape index (κ3) is 2.07. The van der Waals surface area contributed by atoms with Crippen LogP contribution < -0.4 is 5.32 Å². The summed E-state index contributed by atoms with van der Waals surface area (Å²) in [6, 6.07) is 7.54. The van der Waals surface area contributed by atoms with E-state index in [1.165, 1.54) is 22.7 Å². The lowest BCUT2D eigenvalue weighted by Gasteiger charge is -2.39. The minimum Gasteiger partial charge on any atom is -0.325 e. The van der Waals surface area contributed by atoms with Gasteiger partial charge in [0.1, 0.15) is 0 Å². The molecular formula is C14H19N3O3S. The predicted molar refractivity (Wildman–Crippen MR) is 80.2 cm³/mol. The van der Waals surface area contributed by atoms with E-state index in [9.17, 15) is 13.2 Å². The summed E-state index contributed by atoms with van der Waals surface area (Å²) in [5.41, 5.74) is 0.957. The molecule has 0 aromatic heterocycles. The van der Waals surface area contributed by atoms with Crippen LogP contribution in [-0.4, -0.2) is 50.1 Å². The molecule has 1 amide bonds. The highest BCUT2D eigenvalue weighted by molar-refractivity contribution is 7.86. The van der Waals surface area contributed by atoms with Gasteiger partial charge in [-0.3, -0.25) is 4.79 Å². The van der Waals surface area contributed by atoms with Crippen molar-refractivity contribution >= 4 is 21.8 Å². The molecule has 1 aromatic rings. The molecule has 1 saturated heterocycles. The molecule has 1 fully saturated rings. The molecule has 0 radical (unpaired) electrons. The molecule has 1 N–H and O–H groups in total. The molecule has 114 valence electrons. The smallest absolute Gasteiger partial charge is 0.281 e. The lowest BCUT2D eigenvalue weighted by atomic mass is 9.76. The van der Waals surface area contributed by atoms with E-state index in [4.69, 9.17) is 0 Å². The van der Waals surface area contributed by atoms with Crippen LogP contribution in [0.2, 0.25) is 0 Å². The second-order valence-electron chi connectivity index (χ2n) is 5.81. The molecule has 2 heterocycles. The first-order chi connectivity index (χ1) is 9.88. The summed E-state index contributed by atoms with van der Waals surface area (Å²) in [4.78, 5) is 12.5. The number of benzene rings is 1. The van der Waals surface area contributed by atoms with Gasteiger partial charge >= 0.3 is 0 Å². The van der Waals surface area contributed by atoms with Crippen molar-refractivity contribution in [2.45, 2.75) is 18.3 Å². The van der Waals surface area contributed by atoms with Gasteiger partial charge in [0.25, 0.3) is 10.2 Å². The number of piperidine rings is 1. The molecule has 2 aliphatic heterocycles. The number of hydrogen-bond donors (Lipinski definition) is 1. The fourth-order valence-corrected chi connectivity index (χ4v) is 4.43. The summed E-state index contributed by atoms with van der Waals surface area (Å²) >= 11 is 0. The summed E-state index contributed by atoms with van der Waals surface area (Å²) in [7, 11) is -0.476. The maximum absolute atomic E-state index is 12.5. The lowest BCUT2D eigenvalue weighted by Crippen LogP contribution is -2.54. The highest BCUT2D eigenvalue weighted by atomic mass is 32.2. The SMILES string of the molecule is CN(C)S(=O)(=O)N1CCC[C@]2(C1)C(=O)Nc1ccccc12. The topological polar surface area (TPSA) is 69.7 Å². The molecule has 2 aliphatic rings. The first-order valence-electron chi connectivity index (χ1n) is 6.96. The Morgan fingerprint density at radius 1 is 1.29 bits per heavy atom. The van der Waals surface area contributed by atoms with Crippen LogP contribution in [0.3, 0.4) is 0 Å². The van der Waals surface area contributed by atoms with Gasteiger partial charge in [-0.15, -0.1) is 0 Å². The number of rotatable bonds is 2. The summed E-state index contributed by atoms with van der Waals surface area (Å²) in [6.07, 6.45) is 1.35. The normalized spacial score (nSPS) is 26.1. The predicted octanol–water partition coefficient (Wildman–Crippen LogP) is 0.779. The van der Waals surface area contributed by atoms with E-state index in [1.807, 2.05) is 24.3 Å². The van der Waals surface area contributed by atoms with Crippen molar-refractivity contribution in [1.29, 1.82) is 0 Å². The molecule has 6 nitrogen and oxygen atoms in total. The summed E-state index contributed by atoms with van der Waals surface area (Å²) in [5.74, 6) is -0.0950. The minimum atomic E-state index is -3.50. The molecule has 0 unspecified atom stereocenters. The van der Waals surface area contributed by atoms with Crippen LogP contribution in [0.25, 0.3) is 0 Å². The Kier molecular flexibility index (Phi) is 3.31. The summed E-state index contributed by atoms with van der Waals surface area (Å²) in [6.45, 7) is 0.661. The van der Waals surface area contributed by atoms with Crippen molar-refractivity contribution < 1.29 is 13.2 Å². The summed E-state index contributed by atoms with van der Waals surface area (Å²) in [5, 5.41) is 2.89.